The summed E-state index contributed by atoms with van der Waals surface area (Å²) in [4.78, 5) is 0. The number of fused-ring (bicyclic) bond motifs is 1. The molecule has 1 aliphatic carbocycles. The Bertz CT molecular complexity index is 404. The lowest BCUT2D eigenvalue weighted by atomic mass is 9.97. The van der Waals surface area contributed by atoms with Gasteiger partial charge in [-0.05, 0) is 48.1 Å². The third kappa shape index (κ3) is 3.45. The zero-order valence-corrected chi connectivity index (χ0v) is 12.2. The van der Waals surface area contributed by atoms with E-state index in [-0.39, 0.29) is 0 Å². The van der Waals surface area contributed by atoms with E-state index in [1.54, 1.807) is 11.1 Å². The Morgan fingerprint density at radius 2 is 1.94 bits per heavy atom. The summed E-state index contributed by atoms with van der Waals surface area (Å²) >= 11 is 3.62. The molecule has 0 aromatic heterocycles. The molecule has 0 saturated heterocycles. The van der Waals surface area contributed by atoms with Gasteiger partial charge in [0.15, 0.2) is 0 Å². The van der Waals surface area contributed by atoms with Crippen molar-refractivity contribution in [2.45, 2.75) is 51.9 Å². The molecular formula is C16H21Br. The van der Waals surface area contributed by atoms with Gasteiger partial charge in [0, 0.05) is 4.47 Å². The van der Waals surface area contributed by atoms with E-state index in [9.17, 15) is 0 Å². The molecule has 0 unspecified atom stereocenters. The first-order valence-corrected chi connectivity index (χ1v) is 7.58. The van der Waals surface area contributed by atoms with Crippen LogP contribution in [-0.4, -0.2) is 0 Å². The van der Waals surface area contributed by atoms with Crippen molar-refractivity contribution >= 4 is 22.0 Å². The molecule has 17 heavy (non-hydrogen) atoms. The number of rotatable bonds is 6. The molecule has 0 aliphatic heterocycles. The Morgan fingerprint density at radius 3 is 2.76 bits per heavy atom. The number of hydrogen-bond donors (Lipinski definition) is 0. The minimum Gasteiger partial charge on any atom is -0.0795 e. The van der Waals surface area contributed by atoms with Crippen LogP contribution in [0.4, 0.5) is 0 Å². The van der Waals surface area contributed by atoms with Gasteiger partial charge in [-0.15, -0.1) is 0 Å². The van der Waals surface area contributed by atoms with Crippen LogP contribution in [0.1, 0.15) is 55.7 Å². The quantitative estimate of drug-likeness (QED) is 0.605. The van der Waals surface area contributed by atoms with Crippen LogP contribution in [0.5, 0.6) is 0 Å². The van der Waals surface area contributed by atoms with Gasteiger partial charge < -0.3 is 0 Å². The molecule has 0 radical (unpaired) electrons. The molecule has 0 atom stereocenters. The fourth-order valence-electron chi connectivity index (χ4n) is 2.56. The average Bonchev–Trinajstić information content (AvgIpc) is 2.76. The largest absolute Gasteiger partial charge is 0.0795 e. The minimum atomic E-state index is 1.13. The maximum atomic E-state index is 3.62. The molecule has 0 bridgehead atoms. The van der Waals surface area contributed by atoms with E-state index >= 15 is 0 Å². The summed E-state index contributed by atoms with van der Waals surface area (Å²) in [5, 5.41) is 0. The topological polar surface area (TPSA) is 0 Å². The number of halogens is 1. The zero-order chi connectivity index (χ0) is 12.1. The van der Waals surface area contributed by atoms with Gasteiger partial charge in [0.25, 0.3) is 0 Å². The average molecular weight is 293 g/mol. The van der Waals surface area contributed by atoms with E-state index in [1.807, 2.05) is 0 Å². The second kappa shape index (κ2) is 6.39. The normalized spacial score (nSPS) is 13.1. The van der Waals surface area contributed by atoms with E-state index in [4.69, 9.17) is 0 Å². The van der Waals surface area contributed by atoms with Crippen molar-refractivity contribution in [1.29, 1.82) is 0 Å². The fraction of sp³-hybridized carbons (Fsp3) is 0.500. The monoisotopic (exact) mass is 292 g/mol. The van der Waals surface area contributed by atoms with Crippen molar-refractivity contribution in [1.82, 2.24) is 0 Å². The molecule has 1 aromatic carbocycles. The first-order valence-electron chi connectivity index (χ1n) is 6.79. The first kappa shape index (κ1) is 12.9. The van der Waals surface area contributed by atoms with Gasteiger partial charge >= 0.3 is 0 Å². The molecule has 1 aromatic rings. The molecule has 0 N–H and O–H groups in total. The third-order valence-corrected chi connectivity index (χ3v) is 3.97. The van der Waals surface area contributed by atoms with Crippen LogP contribution in [0.3, 0.4) is 0 Å². The van der Waals surface area contributed by atoms with Crippen molar-refractivity contribution < 1.29 is 0 Å². The minimum absolute atomic E-state index is 1.13. The van der Waals surface area contributed by atoms with Crippen LogP contribution in [-0.2, 0) is 12.8 Å². The zero-order valence-electron chi connectivity index (χ0n) is 10.6. The van der Waals surface area contributed by atoms with Gasteiger partial charge in [-0.25, -0.2) is 0 Å². The number of aryl methyl sites for hydroxylation is 1. The molecule has 0 spiro atoms. The van der Waals surface area contributed by atoms with Crippen LogP contribution >= 0.6 is 15.9 Å². The summed E-state index contributed by atoms with van der Waals surface area (Å²) in [5.41, 5.74) is 4.53. The first-order chi connectivity index (χ1) is 8.31. The van der Waals surface area contributed by atoms with Gasteiger partial charge in [0.2, 0.25) is 0 Å². The number of hydrogen-bond acceptors (Lipinski definition) is 0. The van der Waals surface area contributed by atoms with E-state index in [1.165, 1.54) is 48.6 Å². The summed E-state index contributed by atoms with van der Waals surface area (Å²) in [6.07, 6.45) is 13.7. The Balaban J connectivity index is 1.93. The van der Waals surface area contributed by atoms with E-state index in [2.05, 4.69) is 47.1 Å². The van der Waals surface area contributed by atoms with E-state index in [0.29, 0.717) is 0 Å². The predicted octanol–water partition coefficient (Wildman–Crippen LogP) is 5.53. The highest BCUT2D eigenvalue weighted by molar-refractivity contribution is 9.10. The number of allylic oxidation sites excluding steroid dienone is 1. The number of benzene rings is 1. The van der Waals surface area contributed by atoms with E-state index < -0.39 is 0 Å². The molecule has 2 rings (SSSR count). The molecule has 1 aliphatic rings. The van der Waals surface area contributed by atoms with Crippen molar-refractivity contribution in [2.24, 2.45) is 0 Å². The van der Waals surface area contributed by atoms with E-state index in [0.717, 1.165) is 6.42 Å². The van der Waals surface area contributed by atoms with Gasteiger partial charge in [-0.3, -0.25) is 0 Å². The van der Waals surface area contributed by atoms with Crippen LogP contribution in [0.15, 0.2) is 22.7 Å². The van der Waals surface area contributed by atoms with Crippen LogP contribution in [0.2, 0.25) is 0 Å². The van der Waals surface area contributed by atoms with Crippen LogP contribution < -0.4 is 0 Å². The van der Waals surface area contributed by atoms with Crippen molar-refractivity contribution in [3.8, 4) is 0 Å². The summed E-state index contributed by atoms with van der Waals surface area (Å²) in [5.74, 6) is 0. The lowest BCUT2D eigenvalue weighted by molar-refractivity contribution is 0.631. The Morgan fingerprint density at radius 1 is 1.12 bits per heavy atom. The maximum Gasteiger partial charge on any atom is 0.0184 e. The number of unbranched alkanes of at least 4 members (excludes halogenated alkanes) is 4. The summed E-state index contributed by atoms with van der Waals surface area (Å²) in [7, 11) is 0. The smallest absolute Gasteiger partial charge is 0.0184 e. The van der Waals surface area contributed by atoms with Crippen LogP contribution in [0, 0.1) is 0 Å². The summed E-state index contributed by atoms with van der Waals surface area (Å²) in [6, 6.07) is 4.55. The molecule has 0 saturated carbocycles. The highest BCUT2D eigenvalue weighted by Gasteiger charge is 2.11. The molecular weight excluding hydrogens is 272 g/mol. The lowest BCUT2D eigenvalue weighted by Gasteiger charge is -2.09. The fourth-order valence-corrected chi connectivity index (χ4v) is 3.08. The highest BCUT2D eigenvalue weighted by atomic mass is 79.9. The second-order valence-electron chi connectivity index (χ2n) is 4.90. The highest BCUT2D eigenvalue weighted by Crippen LogP contribution is 2.28. The molecule has 0 heterocycles. The van der Waals surface area contributed by atoms with Crippen molar-refractivity contribution in [2.75, 3.05) is 0 Å². The second-order valence-corrected chi connectivity index (χ2v) is 5.82. The summed E-state index contributed by atoms with van der Waals surface area (Å²) in [6.45, 7) is 2.27. The lowest BCUT2D eigenvalue weighted by Crippen LogP contribution is -1.94. The Hall–Kier alpha value is -0.560. The van der Waals surface area contributed by atoms with Crippen LogP contribution in [0.25, 0.3) is 6.08 Å². The van der Waals surface area contributed by atoms with Gasteiger partial charge in [0.05, 0.1) is 0 Å². The molecule has 0 amide bonds. The van der Waals surface area contributed by atoms with Gasteiger partial charge in [-0.2, -0.15) is 0 Å². The maximum absolute atomic E-state index is 3.62. The van der Waals surface area contributed by atoms with Gasteiger partial charge in [-0.1, -0.05) is 60.7 Å². The van der Waals surface area contributed by atoms with Gasteiger partial charge in [0.1, 0.15) is 0 Å². The SMILES string of the molecule is CCCCCCCc1cc(Br)cc2c1CC=C2. The van der Waals surface area contributed by atoms with Crippen molar-refractivity contribution in [3.63, 3.8) is 0 Å². The Labute approximate surface area is 113 Å². The molecule has 92 valence electrons. The summed E-state index contributed by atoms with van der Waals surface area (Å²) < 4.78 is 1.23. The van der Waals surface area contributed by atoms with Crippen molar-refractivity contribution in [3.05, 3.63) is 39.4 Å². The third-order valence-electron chi connectivity index (χ3n) is 3.51. The standard InChI is InChI=1S/C16H21Br/c1-2-3-4-5-6-8-13-11-15(17)12-14-9-7-10-16(13)14/h7,9,11-12H,2-6,8,10H2,1H3. The predicted molar refractivity (Wildman–Crippen MR) is 79.3 cm³/mol. The molecule has 0 nitrogen and oxygen atoms in total. The molecule has 1 heteroatoms. The Kier molecular flexibility index (Phi) is 4.85. The molecule has 0 fully saturated rings.